The van der Waals surface area contributed by atoms with Crippen molar-refractivity contribution < 1.29 is 28.3 Å². The first-order valence-corrected chi connectivity index (χ1v) is 6.93. The summed E-state index contributed by atoms with van der Waals surface area (Å²) in [5.41, 5.74) is -0.417. The number of hydrogen-bond donors (Lipinski definition) is 2. The Hall–Kier alpha value is -2.51. The van der Waals surface area contributed by atoms with Crippen LogP contribution in [0.5, 0.6) is 0 Å². The maximum Gasteiger partial charge on any atom is 0.326 e. The minimum Gasteiger partial charge on any atom is -0.480 e. The summed E-state index contributed by atoms with van der Waals surface area (Å²) in [6, 6.07) is 2.03. The number of amides is 2. The topological polar surface area (TPSA) is 86.7 Å². The zero-order chi connectivity index (χ0) is 17.6. The van der Waals surface area contributed by atoms with Crippen LogP contribution in [0.25, 0.3) is 0 Å². The van der Waals surface area contributed by atoms with Crippen molar-refractivity contribution >= 4 is 17.8 Å². The van der Waals surface area contributed by atoms with Crippen LogP contribution in [0.15, 0.2) is 18.2 Å². The molecule has 1 rings (SSSR count). The maximum atomic E-state index is 13.6. The van der Waals surface area contributed by atoms with E-state index in [9.17, 15) is 23.2 Å². The van der Waals surface area contributed by atoms with Gasteiger partial charge in [0.2, 0.25) is 11.8 Å². The van der Waals surface area contributed by atoms with Gasteiger partial charge in [-0.2, -0.15) is 0 Å². The van der Waals surface area contributed by atoms with Gasteiger partial charge in [0, 0.05) is 25.6 Å². The molecular weight excluding hydrogens is 310 g/mol. The number of halogens is 2. The fourth-order valence-corrected chi connectivity index (χ4v) is 1.97. The van der Waals surface area contributed by atoms with E-state index in [0.29, 0.717) is 0 Å². The quantitative estimate of drug-likeness (QED) is 0.780. The van der Waals surface area contributed by atoms with Gasteiger partial charge in [0.15, 0.2) is 0 Å². The van der Waals surface area contributed by atoms with Crippen LogP contribution < -0.4 is 5.32 Å². The van der Waals surface area contributed by atoms with Crippen LogP contribution in [0, 0.1) is 11.6 Å². The fourth-order valence-electron chi connectivity index (χ4n) is 1.97. The zero-order valence-electron chi connectivity index (χ0n) is 12.8. The van der Waals surface area contributed by atoms with E-state index >= 15 is 0 Å². The summed E-state index contributed by atoms with van der Waals surface area (Å²) >= 11 is 0. The third-order valence-electron chi connectivity index (χ3n) is 3.26. The molecule has 1 atom stereocenters. The molecule has 0 spiro atoms. The normalized spacial score (nSPS) is 11.7. The van der Waals surface area contributed by atoms with Crippen molar-refractivity contribution in [2.75, 3.05) is 13.1 Å². The summed E-state index contributed by atoms with van der Waals surface area (Å²) in [6.45, 7) is 2.52. The average Bonchev–Trinajstić information content (AvgIpc) is 2.46. The molecule has 2 amide bonds. The molecule has 0 aliphatic rings. The highest BCUT2D eigenvalue weighted by molar-refractivity contribution is 5.85. The average molecular weight is 328 g/mol. The van der Waals surface area contributed by atoms with Gasteiger partial charge in [-0.3, -0.25) is 9.59 Å². The van der Waals surface area contributed by atoms with Gasteiger partial charge in [0.25, 0.3) is 0 Å². The number of hydrogen-bond acceptors (Lipinski definition) is 3. The lowest BCUT2D eigenvalue weighted by molar-refractivity contribution is -0.149. The number of benzene rings is 1. The lowest BCUT2D eigenvalue weighted by Gasteiger charge is -2.26. The van der Waals surface area contributed by atoms with Gasteiger partial charge in [-0.15, -0.1) is 0 Å². The van der Waals surface area contributed by atoms with Gasteiger partial charge in [-0.1, -0.05) is 6.07 Å². The van der Waals surface area contributed by atoms with Gasteiger partial charge >= 0.3 is 5.97 Å². The standard InChI is InChI=1S/C15H18F2N2O4/c1-9(15(22)23)19(7-6-18-10(2)20)14(21)8-11-12(16)4-3-5-13(11)17/h3-5,9H,6-8H2,1-2H3,(H,18,20)(H,22,23). The van der Waals surface area contributed by atoms with Crippen molar-refractivity contribution in [1.29, 1.82) is 0 Å². The number of carboxylic acid groups (broad SMARTS) is 1. The SMILES string of the molecule is CC(=O)NCCN(C(=O)Cc1c(F)cccc1F)C(C)C(=O)O. The van der Waals surface area contributed by atoms with E-state index in [0.717, 1.165) is 17.0 Å². The van der Waals surface area contributed by atoms with E-state index in [1.165, 1.54) is 19.9 Å². The molecule has 6 nitrogen and oxygen atoms in total. The Kier molecular flexibility index (Phi) is 6.62. The summed E-state index contributed by atoms with van der Waals surface area (Å²) in [5.74, 6) is -4.07. The second kappa shape index (κ2) is 8.21. The van der Waals surface area contributed by atoms with Crippen molar-refractivity contribution in [2.24, 2.45) is 0 Å². The molecule has 0 saturated carbocycles. The first-order valence-electron chi connectivity index (χ1n) is 6.93. The highest BCUT2D eigenvalue weighted by Gasteiger charge is 2.26. The molecular formula is C15H18F2N2O4. The summed E-state index contributed by atoms with van der Waals surface area (Å²) < 4.78 is 27.2. The van der Waals surface area contributed by atoms with Crippen LogP contribution in [0.3, 0.4) is 0 Å². The Morgan fingerprint density at radius 1 is 1.26 bits per heavy atom. The van der Waals surface area contributed by atoms with Crippen molar-refractivity contribution in [3.05, 3.63) is 35.4 Å². The first kappa shape index (κ1) is 18.5. The molecule has 1 unspecified atom stereocenters. The lowest BCUT2D eigenvalue weighted by atomic mass is 10.1. The van der Waals surface area contributed by atoms with Crippen LogP contribution in [0.4, 0.5) is 8.78 Å². The van der Waals surface area contributed by atoms with Gasteiger partial charge in [-0.05, 0) is 19.1 Å². The number of rotatable bonds is 7. The smallest absolute Gasteiger partial charge is 0.326 e. The largest absolute Gasteiger partial charge is 0.480 e. The Balaban J connectivity index is 2.90. The van der Waals surface area contributed by atoms with Crippen LogP contribution in [0.1, 0.15) is 19.4 Å². The van der Waals surface area contributed by atoms with Gasteiger partial charge < -0.3 is 15.3 Å². The highest BCUT2D eigenvalue weighted by Crippen LogP contribution is 2.14. The minimum absolute atomic E-state index is 0.0401. The molecule has 0 radical (unpaired) electrons. The Labute approximate surface area is 132 Å². The van der Waals surface area contributed by atoms with Crippen LogP contribution in [0.2, 0.25) is 0 Å². The van der Waals surface area contributed by atoms with E-state index in [1.54, 1.807) is 0 Å². The van der Waals surface area contributed by atoms with Gasteiger partial charge in [0.1, 0.15) is 17.7 Å². The molecule has 126 valence electrons. The Bertz CT molecular complexity index is 587. The van der Waals surface area contributed by atoms with Crippen LogP contribution in [-0.4, -0.2) is 46.9 Å². The molecule has 1 aromatic carbocycles. The molecule has 0 aromatic heterocycles. The molecule has 2 N–H and O–H groups in total. The van der Waals surface area contributed by atoms with E-state index < -0.39 is 41.5 Å². The van der Waals surface area contributed by atoms with E-state index in [4.69, 9.17) is 5.11 Å². The molecule has 0 heterocycles. The molecule has 0 fully saturated rings. The number of nitrogens with one attached hydrogen (secondary N) is 1. The molecule has 0 aliphatic heterocycles. The van der Waals surface area contributed by atoms with Crippen LogP contribution in [-0.2, 0) is 20.8 Å². The molecule has 0 bridgehead atoms. The monoisotopic (exact) mass is 328 g/mol. The summed E-state index contributed by atoms with van der Waals surface area (Å²) in [7, 11) is 0. The second-order valence-corrected chi connectivity index (χ2v) is 4.96. The summed E-state index contributed by atoms with van der Waals surface area (Å²) in [4.78, 5) is 35.2. The third kappa shape index (κ3) is 5.32. The number of carboxylic acids is 1. The summed E-state index contributed by atoms with van der Waals surface area (Å²) in [6.07, 6.45) is -0.601. The Morgan fingerprint density at radius 2 is 1.83 bits per heavy atom. The van der Waals surface area contributed by atoms with E-state index in [2.05, 4.69) is 5.32 Å². The van der Waals surface area contributed by atoms with Gasteiger partial charge in [0.05, 0.1) is 6.42 Å². The molecule has 23 heavy (non-hydrogen) atoms. The van der Waals surface area contributed by atoms with Crippen molar-refractivity contribution in [3.63, 3.8) is 0 Å². The molecule has 0 saturated heterocycles. The minimum atomic E-state index is -1.25. The fraction of sp³-hybridized carbons (Fsp3) is 0.400. The molecule has 1 aromatic rings. The number of carbonyl (C=O) groups excluding carboxylic acids is 2. The van der Waals surface area contributed by atoms with E-state index in [-0.39, 0.29) is 19.0 Å². The lowest BCUT2D eigenvalue weighted by Crippen LogP contribution is -2.47. The van der Waals surface area contributed by atoms with Crippen molar-refractivity contribution in [3.8, 4) is 0 Å². The number of aliphatic carboxylic acids is 1. The predicted molar refractivity (Wildman–Crippen MR) is 77.6 cm³/mol. The second-order valence-electron chi connectivity index (χ2n) is 4.96. The first-order chi connectivity index (χ1) is 10.7. The molecule has 0 aliphatic carbocycles. The zero-order valence-corrected chi connectivity index (χ0v) is 12.8. The van der Waals surface area contributed by atoms with Gasteiger partial charge in [-0.25, -0.2) is 13.6 Å². The number of carbonyl (C=O) groups is 3. The summed E-state index contributed by atoms with van der Waals surface area (Å²) in [5, 5.41) is 11.5. The van der Waals surface area contributed by atoms with Crippen molar-refractivity contribution in [2.45, 2.75) is 26.3 Å². The highest BCUT2D eigenvalue weighted by atomic mass is 19.1. The Morgan fingerprint density at radius 3 is 2.30 bits per heavy atom. The third-order valence-corrected chi connectivity index (χ3v) is 3.26. The maximum absolute atomic E-state index is 13.6. The van der Waals surface area contributed by atoms with Crippen molar-refractivity contribution in [1.82, 2.24) is 10.2 Å². The van der Waals surface area contributed by atoms with E-state index in [1.807, 2.05) is 0 Å². The molecule has 8 heteroatoms. The van der Waals surface area contributed by atoms with Crippen LogP contribution >= 0.6 is 0 Å². The number of nitrogens with zero attached hydrogens (tertiary/aromatic N) is 1. The predicted octanol–water partition coefficient (Wildman–Crippen LogP) is 0.945.